The first-order valence-corrected chi connectivity index (χ1v) is 10.3. The number of nitrogens with zero attached hydrogens (tertiary/aromatic N) is 2. The minimum atomic E-state index is -0.679. The van der Waals surface area contributed by atoms with E-state index >= 15 is 0 Å². The molecule has 4 nitrogen and oxygen atoms in total. The molecule has 0 aliphatic carbocycles. The largest absolute Gasteiger partial charge is 0.491 e. The number of aromatic nitrogens is 1. The van der Waals surface area contributed by atoms with Crippen LogP contribution < -0.4 is 4.74 Å². The van der Waals surface area contributed by atoms with E-state index in [4.69, 9.17) is 4.74 Å². The number of halogens is 2. The van der Waals surface area contributed by atoms with E-state index in [9.17, 15) is 10.4 Å². The van der Waals surface area contributed by atoms with Crippen molar-refractivity contribution in [2.24, 2.45) is 0 Å². The first kappa shape index (κ1) is 19.0. The van der Waals surface area contributed by atoms with Crippen molar-refractivity contribution in [3.63, 3.8) is 0 Å². The minimum absolute atomic E-state index is 0.190. The summed E-state index contributed by atoms with van der Waals surface area (Å²) in [4.78, 5) is 0. The van der Waals surface area contributed by atoms with Gasteiger partial charge in [-0.2, -0.15) is 5.26 Å². The van der Waals surface area contributed by atoms with Gasteiger partial charge in [-0.1, -0.05) is 31.9 Å². The van der Waals surface area contributed by atoms with E-state index in [0.717, 1.165) is 30.8 Å². The fraction of sp³-hybridized carbons (Fsp3) is 0.136. The Morgan fingerprint density at radius 3 is 2.29 bits per heavy atom. The van der Waals surface area contributed by atoms with Crippen molar-refractivity contribution in [3.8, 4) is 11.8 Å². The van der Waals surface area contributed by atoms with Gasteiger partial charge >= 0.3 is 0 Å². The van der Waals surface area contributed by atoms with Gasteiger partial charge in [0.25, 0.3) is 0 Å². The smallest absolute Gasteiger partial charge is 0.119 e. The second-order valence-electron chi connectivity index (χ2n) is 6.53. The second kappa shape index (κ2) is 7.96. The van der Waals surface area contributed by atoms with E-state index in [1.54, 1.807) is 6.07 Å². The van der Waals surface area contributed by atoms with Crippen LogP contribution >= 0.6 is 31.9 Å². The molecule has 0 amide bonds. The Kier molecular flexibility index (Phi) is 5.40. The first-order chi connectivity index (χ1) is 13.5. The summed E-state index contributed by atoms with van der Waals surface area (Å²) in [7, 11) is 0. The molecule has 0 aliphatic heterocycles. The van der Waals surface area contributed by atoms with E-state index in [0.29, 0.717) is 17.9 Å². The SMILES string of the molecule is N#Cc1ccc2c(c1)c1cc(Br)ccc1n2CC(O)COc1ccc(Br)cc1. The maximum absolute atomic E-state index is 10.6. The molecular weight excluding hydrogens is 484 g/mol. The van der Waals surface area contributed by atoms with E-state index in [1.165, 1.54) is 0 Å². The number of benzene rings is 3. The monoisotopic (exact) mass is 498 g/mol. The van der Waals surface area contributed by atoms with Gasteiger partial charge in [-0.25, -0.2) is 0 Å². The van der Waals surface area contributed by atoms with Crippen molar-refractivity contribution in [2.45, 2.75) is 12.6 Å². The summed E-state index contributed by atoms with van der Waals surface area (Å²) >= 11 is 6.92. The van der Waals surface area contributed by atoms with Crippen LogP contribution in [-0.4, -0.2) is 22.4 Å². The lowest BCUT2D eigenvalue weighted by Crippen LogP contribution is -2.23. The van der Waals surface area contributed by atoms with Gasteiger partial charge in [-0.15, -0.1) is 0 Å². The van der Waals surface area contributed by atoms with Crippen LogP contribution in [0, 0.1) is 11.3 Å². The highest BCUT2D eigenvalue weighted by Gasteiger charge is 2.15. The third kappa shape index (κ3) is 3.79. The van der Waals surface area contributed by atoms with Crippen molar-refractivity contribution in [1.29, 1.82) is 5.26 Å². The summed E-state index contributed by atoms with van der Waals surface area (Å²) in [6, 6.07) is 21.4. The Morgan fingerprint density at radius 1 is 0.929 bits per heavy atom. The molecule has 0 spiro atoms. The van der Waals surface area contributed by atoms with Gasteiger partial charge in [0.1, 0.15) is 18.5 Å². The van der Waals surface area contributed by atoms with Crippen LogP contribution in [0.2, 0.25) is 0 Å². The Hall–Kier alpha value is -2.33. The Morgan fingerprint density at radius 2 is 1.57 bits per heavy atom. The van der Waals surface area contributed by atoms with Gasteiger partial charge in [-0.05, 0) is 60.7 Å². The van der Waals surface area contributed by atoms with Gasteiger partial charge in [0.2, 0.25) is 0 Å². The zero-order chi connectivity index (χ0) is 19.7. The molecule has 0 bridgehead atoms. The fourth-order valence-electron chi connectivity index (χ4n) is 3.33. The zero-order valence-electron chi connectivity index (χ0n) is 14.8. The normalized spacial score (nSPS) is 12.2. The van der Waals surface area contributed by atoms with Crippen LogP contribution in [0.15, 0.2) is 69.6 Å². The average Bonchev–Trinajstić information content (AvgIpc) is 2.99. The number of aliphatic hydroxyl groups excluding tert-OH is 1. The molecule has 1 atom stereocenters. The summed E-state index contributed by atoms with van der Waals surface area (Å²) in [6.45, 7) is 0.583. The maximum Gasteiger partial charge on any atom is 0.119 e. The number of hydrogen-bond acceptors (Lipinski definition) is 3. The third-order valence-corrected chi connectivity index (χ3v) is 5.63. The van der Waals surface area contributed by atoms with Crippen LogP contribution in [0.4, 0.5) is 0 Å². The second-order valence-corrected chi connectivity index (χ2v) is 8.37. The number of nitriles is 1. The van der Waals surface area contributed by atoms with Crippen molar-refractivity contribution in [2.75, 3.05) is 6.61 Å². The van der Waals surface area contributed by atoms with Gasteiger partial charge in [0.05, 0.1) is 18.2 Å². The highest BCUT2D eigenvalue weighted by Crippen LogP contribution is 2.32. The van der Waals surface area contributed by atoms with Crippen LogP contribution in [0.1, 0.15) is 5.56 Å². The van der Waals surface area contributed by atoms with Crippen molar-refractivity contribution >= 4 is 53.7 Å². The average molecular weight is 500 g/mol. The van der Waals surface area contributed by atoms with Crippen LogP contribution in [-0.2, 0) is 6.54 Å². The molecule has 0 fully saturated rings. The highest BCUT2D eigenvalue weighted by atomic mass is 79.9. The molecule has 4 aromatic rings. The molecular formula is C22H16Br2N2O2. The lowest BCUT2D eigenvalue weighted by molar-refractivity contribution is 0.0945. The predicted octanol–water partition coefficient (Wildman–Crippen LogP) is 5.63. The van der Waals surface area contributed by atoms with Crippen LogP contribution in [0.25, 0.3) is 21.8 Å². The molecule has 0 saturated heterocycles. The molecule has 1 heterocycles. The van der Waals surface area contributed by atoms with Gasteiger partial charge < -0.3 is 14.4 Å². The predicted molar refractivity (Wildman–Crippen MR) is 118 cm³/mol. The van der Waals surface area contributed by atoms with E-state index in [-0.39, 0.29) is 6.61 Å². The Bertz CT molecular complexity index is 1190. The lowest BCUT2D eigenvalue weighted by atomic mass is 10.1. The molecule has 140 valence electrons. The van der Waals surface area contributed by atoms with E-state index in [2.05, 4.69) is 42.5 Å². The minimum Gasteiger partial charge on any atom is -0.491 e. The number of ether oxygens (including phenoxy) is 1. The summed E-state index contributed by atoms with van der Waals surface area (Å²) in [5.74, 6) is 0.715. The van der Waals surface area contributed by atoms with Crippen LogP contribution in [0.3, 0.4) is 0 Å². The molecule has 0 radical (unpaired) electrons. The Balaban J connectivity index is 1.65. The molecule has 0 saturated carbocycles. The standard InChI is InChI=1S/C22H16Br2N2O2/c23-15-2-5-18(6-3-15)28-13-17(27)12-26-21-7-1-14(11-25)9-19(21)20-10-16(24)4-8-22(20)26/h1-10,17,27H,12-13H2. The van der Waals surface area contributed by atoms with E-state index in [1.807, 2.05) is 54.6 Å². The molecule has 4 rings (SSSR count). The summed E-state index contributed by atoms with van der Waals surface area (Å²) in [5, 5.41) is 21.9. The number of hydrogen-bond donors (Lipinski definition) is 1. The molecule has 6 heteroatoms. The topological polar surface area (TPSA) is 58.2 Å². The number of rotatable bonds is 5. The number of aliphatic hydroxyl groups is 1. The van der Waals surface area contributed by atoms with Gasteiger partial charge in [-0.3, -0.25) is 0 Å². The molecule has 1 aromatic heterocycles. The van der Waals surface area contributed by atoms with Crippen molar-refractivity contribution < 1.29 is 9.84 Å². The van der Waals surface area contributed by atoms with Crippen LogP contribution in [0.5, 0.6) is 5.75 Å². The molecule has 0 aliphatic rings. The molecule has 3 aromatic carbocycles. The first-order valence-electron chi connectivity index (χ1n) is 8.73. The van der Waals surface area contributed by atoms with Crippen molar-refractivity contribution in [3.05, 3.63) is 75.2 Å². The molecule has 28 heavy (non-hydrogen) atoms. The van der Waals surface area contributed by atoms with E-state index < -0.39 is 6.10 Å². The zero-order valence-corrected chi connectivity index (χ0v) is 17.9. The quantitative estimate of drug-likeness (QED) is 0.387. The fourth-order valence-corrected chi connectivity index (χ4v) is 3.95. The maximum atomic E-state index is 10.6. The van der Waals surface area contributed by atoms with Gasteiger partial charge in [0.15, 0.2) is 0 Å². The summed E-state index contributed by atoms with van der Waals surface area (Å²) < 4.78 is 9.75. The third-order valence-electron chi connectivity index (χ3n) is 4.61. The summed E-state index contributed by atoms with van der Waals surface area (Å²) in [6.07, 6.45) is -0.679. The van der Waals surface area contributed by atoms with Gasteiger partial charge in [0, 0.05) is 30.8 Å². The number of fused-ring (bicyclic) bond motifs is 3. The summed E-state index contributed by atoms with van der Waals surface area (Å²) in [5.41, 5.74) is 2.61. The van der Waals surface area contributed by atoms with Crippen molar-refractivity contribution in [1.82, 2.24) is 4.57 Å². The molecule has 1 unspecified atom stereocenters. The Labute approximate surface area is 179 Å². The molecule has 1 N–H and O–H groups in total. The highest BCUT2D eigenvalue weighted by molar-refractivity contribution is 9.10. The lowest BCUT2D eigenvalue weighted by Gasteiger charge is -2.15.